The fraction of sp³-hybridized carbons (Fsp3) is 0.250. The summed E-state index contributed by atoms with van der Waals surface area (Å²) >= 11 is 3.49. The van der Waals surface area contributed by atoms with Gasteiger partial charge in [-0.1, -0.05) is 43.7 Å². The molecular weight excluding hydrogens is 364 g/mol. The quantitative estimate of drug-likeness (QED) is 0.595. The molecule has 0 fully saturated rings. The first kappa shape index (κ1) is 16.8. The van der Waals surface area contributed by atoms with E-state index in [1.165, 1.54) is 0 Å². The number of halogens is 1. The second-order valence-electron chi connectivity index (χ2n) is 5.93. The SMILES string of the molecule is CCCCn1c(C(=O)Nc2ccccc2Br)c(C)c2ccccc21. The minimum atomic E-state index is -0.0632. The minimum absolute atomic E-state index is 0.0632. The summed E-state index contributed by atoms with van der Waals surface area (Å²) in [5, 5.41) is 4.18. The van der Waals surface area contributed by atoms with Crippen molar-refractivity contribution < 1.29 is 4.79 Å². The van der Waals surface area contributed by atoms with Crippen molar-refractivity contribution in [1.29, 1.82) is 0 Å². The van der Waals surface area contributed by atoms with E-state index in [0.29, 0.717) is 0 Å². The van der Waals surface area contributed by atoms with E-state index >= 15 is 0 Å². The lowest BCUT2D eigenvalue weighted by molar-refractivity contribution is 0.101. The van der Waals surface area contributed by atoms with Gasteiger partial charge in [-0.15, -0.1) is 0 Å². The first-order valence-electron chi connectivity index (χ1n) is 8.27. The zero-order chi connectivity index (χ0) is 17.1. The number of aromatic nitrogens is 1. The van der Waals surface area contributed by atoms with E-state index in [1.54, 1.807) is 0 Å². The van der Waals surface area contributed by atoms with Crippen molar-refractivity contribution in [1.82, 2.24) is 4.57 Å². The topological polar surface area (TPSA) is 34.0 Å². The van der Waals surface area contributed by atoms with Crippen molar-refractivity contribution in [2.75, 3.05) is 5.32 Å². The van der Waals surface area contributed by atoms with Crippen molar-refractivity contribution in [3.63, 3.8) is 0 Å². The van der Waals surface area contributed by atoms with Gasteiger partial charge in [-0.2, -0.15) is 0 Å². The third-order valence-corrected chi connectivity index (χ3v) is 4.99. The highest BCUT2D eigenvalue weighted by Crippen LogP contribution is 2.28. The van der Waals surface area contributed by atoms with Gasteiger partial charge in [0.2, 0.25) is 0 Å². The first-order valence-corrected chi connectivity index (χ1v) is 9.06. The summed E-state index contributed by atoms with van der Waals surface area (Å²) in [7, 11) is 0. The molecule has 0 unspecified atom stereocenters. The number of hydrogen-bond acceptors (Lipinski definition) is 1. The maximum absolute atomic E-state index is 13.0. The molecule has 2 aromatic carbocycles. The maximum atomic E-state index is 13.0. The lowest BCUT2D eigenvalue weighted by Crippen LogP contribution is -2.18. The normalized spacial score (nSPS) is 11.0. The van der Waals surface area contributed by atoms with Crippen LogP contribution < -0.4 is 5.32 Å². The number of aryl methyl sites for hydroxylation is 2. The number of amides is 1. The Morgan fingerprint density at radius 3 is 2.58 bits per heavy atom. The third kappa shape index (κ3) is 3.11. The zero-order valence-electron chi connectivity index (χ0n) is 14.0. The number of para-hydroxylation sites is 2. The van der Waals surface area contributed by atoms with Gasteiger partial charge < -0.3 is 9.88 Å². The van der Waals surface area contributed by atoms with Crippen LogP contribution in [0.2, 0.25) is 0 Å². The van der Waals surface area contributed by atoms with Crippen molar-refractivity contribution >= 4 is 38.4 Å². The molecule has 0 bridgehead atoms. The number of rotatable bonds is 5. The Labute approximate surface area is 150 Å². The molecule has 1 aromatic heterocycles. The molecule has 24 heavy (non-hydrogen) atoms. The van der Waals surface area contributed by atoms with E-state index in [4.69, 9.17) is 0 Å². The highest BCUT2D eigenvalue weighted by atomic mass is 79.9. The van der Waals surface area contributed by atoms with Gasteiger partial charge in [-0.3, -0.25) is 4.79 Å². The standard InChI is InChI=1S/C20H21BrN2O/c1-3-4-13-23-18-12-8-5-9-15(18)14(2)19(23)20(24)22-17-11-7-6-10-16(17)21/h5-12H,3-4,13H2,1-2H3,(H,22,24). The monoisotopic (exact) mass is 384 g/mol. The molecule has 1 heterocycles. The van der Waals surface area contributed by atoms with Crippen LogP contribution in [0.25, 0.3) is 10.9 Å². The number of unbranched alkanes of at least 4 members (excludes halogenated alkanes) is 1. The second-order valence-corrected chi connectivity index (χ2v) is 6.78. The maximum Gasteiger partial charge on any atom is 0.272 e. The Morgan fingerprint density at radius 1 is 1.12 bits per heavy atom. The molecule has 0 atom stereocenters. The molecule has 3 nitrogen and oxygen atoms in total. The second kappa shape index (κ2) is 7.22. The van der Waals surface area contributed by atoms with Crippen LogP contribution in [0.5, 0.6) is 0 Å². The summed E-state index contributed by atoms with van der Waals surface area (Å²) in [6, 6.07) is 15.9. The van der Waals surface area contributed by atoms with Gasteiger partial charge in [0.15, 0.2) is 0 Å². The van der Waals surface area contributed by atoms with E-state index in [1.807, 2.05) is 43.3 Å². The van der Waals surface area contributed by atoms with Crippen molar-refractivity contribution in [3.05, 3.63) is 64.3 Å². The number of carbonyl (C=O) groups excluding carboxylic acids is 1. The summed E-state index contributed by atoms with van der Waals surface area (Å²) in [5.41, 5.74) is 3.70. The van der Waals surface area contributed by atoms with E-state index in [9.17, 15) is 4.79 Å². The number of hydrogen-bond donors (Lipinski definition) is 1. The van der Waals surface area contributed by atoms with E-state index in [-0.39, 0.29) is 5.91 Å². The number of fused-ring (bicyclic) bond motifs is 1. The molecule has 0 aliphatic rings. The zero-order valence-corrected chi connectivity index (χ0v) is 15.6. The molecule has 0 aliphatic carbocycles. The van der Waals surface area contributed by atoms with Crippen LogP contribution in [-0.2, 0) is 6.54 Å². The lowest BCUT2D eigenvalue weighted by Gasteiger charge is -2.12. The summed E-state index contributed by atoms with van der Waals surface area (Å²) in [5.74, 6) is -0.0632. The molecule has 0 spiro atoms. The fourth-order valence-corrected chi connectivity index (χ4v) is 3.45. The Bertz CT molecular complexity index is 882. The lowest BCUT2D eigenvalue weighted by atomic mass is 10.1. The van der Waals surface area contributed by atoms with Crippen LogP contribution in [0.15, 0.2) is 53.0 Å². The molecule has 124 valence electrons. The molecule has 0 saturated carbocycles. The van der Waals surface area contributed by atoms with Crippen LogP contribution in [0.4, 0.5) is 5.69 Å². The Hall–Kier alpha value is -2.07. The predicted molar refractivity (Wildman–Crippen MR) is 104 cm³/mol. The van der Waals surface area contributed by atoms with E-state index < -0.39 is 0 Å². The molecule has 1 amide bonds. The smallest absolute Gasteiger partial charge is 0.272 e. The number of benzene rings is 2. The number of carbonyl (C=O) groups is 1. The van der Waals surface area contributed by atoms with Gasteiger partial charge in [0.05, 0.1) is 5.69 Å². The largest absolute Gasteiger partial charge is 0.336 e. The van der Waals surface area contributed by atoms with Gasteiger partial charge in [0.25, 0.3) is 5.91 Å². The fourth-order valence-electron chi connectivity index (χ4n) is 3.06. The van der Waals surface area contributed by atoms with Crippen LogP contribution in [0, 0.1) is 6.92 Å². The molecule has 0 aliphatic heterocycles. The van der Waals surface area contributed by atoms with Gasteiger partial charge in [-0.25, -0.2) is 0 Å². The van der Waals surface area contributed by atoms with Crippen LogP contribution in [0.3, 0.4) is 0 Å². The van der Waals surface area contributed by atoms with Gasteiger partial charge in [-0.05, 0) is 53.0 Å². The Balaban J connectivity index is 2.05. The molecule has 3 rings (SSSR count). The molecule has 0 saturated heterocycles. The molecular formula is C20H21BrN2O. The van der Waals surface area contributed by atoms with Gasteiger partial charge in [0, 0.05) is 21.9 Å². The summed E-state index contributed by atoms with van der Waals surface area (Å²) in [6.45, 7) is 5.04. The van der Waals surface area contributed by atoms with Gasteiger partial charge >= 0.3 is 0 Å². The van der Waals surface area contributed by atoms with Crippen molar-refractivity contribution in [2.24, 2.45) is 0 Å². The first-order chi connectivity index (χ1) is 11.6. The number of anilines is 1. The Morgan fingerprint density at radius 2 is 1.83 bits per heavy atom. The molecule has 4 heteroatoms. The number of nitrogens with zero attached hydrogens (tertiary/aromatic N) is 1. The Kier molecular flexibility index (Phi) is 5.05. The van der Waals surface area contributed by atoms with E-state index in [0.717, 1.165) is 51.7 Å². The molecule has 1 N–H and O–H groups in total. The van der Waals surface area contributed by atoms with Gasteiger partial charge in [0.1, 0.15) is 5.69 Å². The van der Waals surface area contributed by atoms with Crippen molar-refractivity contribution in [3.8, 4) is 0 Å². The molecule has 0 radical (unpaired) electrons. The third-order valence-electron chi connectivity index (χ3n) is 4.30. The van der Waals surface area contributed by atoms with E-state index in [2.05, 4.69) is 44.9 Å². The average Bonchev–Trinajstić information content (AvgIpc) is 2.87. The van der Waals surface area contributed by atoms with Crippen LogP contribution in [0.1, 0.15) is 35.8 Å². The van der Waals surface area contributed by atoms with Crippen LogP contribution >= 0.6 is 15.9 Å². The van der Waals surface area contributed by atoms with Crippen LogP contribution in [-0.4, -0.2) is 10.5 Å². The molecule has 3 aromatic rings. The summed E-state index contributed by atoms with van der Waals surface area (Å²) in [4.78, 5) is 13.0. The summed E-state index contributed by atoms with van der Waals surface area (Å²) in [6.07, 6.45) is 2.14. The average molecular weight is 385 g/mol. The minimum Gasteiger partial charge on any atom is -0.336 e. The number of nitrogens with one attached hydrogen (secondary N) is 1. The van der Waals surface area contributed by atoms with Crippen molar-refractivity contribution in [2.45, 2.75) is 33.2 Å². The highest BCUT2D eigenvalue weighted by molar-refractivity contribution is 9.10. The predicted octanol–water partition coefficient (Wildman–Crippen LogP) is 5.76. The highest BCUT2D eigenvalue weighted by Gasteiger charge is 2.20. The summed E-state index contributed by atoms with van der Waals surface area (Å²) < 4.78 is 3.03.